The minimum Gasteiger partial charge on any atom is -0.504 e. The highest BCUT2D eigenvalue weighted by molar-refractivity contribution is 7.22. The van der Waals surface area contributed by atoms with Crippen molar-refractivity contribution in [3.8, 4) is 32.6 Å². The number of esters is 1. The summed E-state index contributed by atoms with van der Waals surface area (Å²) in [5.74, 6) is -2.33. The number of aliphatic carboxylic acids is 1. The van der Waals surface area contributed by atoms with E-state index in [1.165, 1.54) is 22.7 Å². The number of aromatic hydroxyl groups is 2. The number of amides is 1. The smallest absolute Gasteiger partial charge is 0.360 e. The topological polar surface area (TPSA) is 185 Å². The van der Waals surface area contributed by atoms with E-state index in [0.29, 0.717) is 50.6 Å². The van der Waals surface area contributed by atoms with Crippen LogP contribution < -0.4 is 5.32 Å². The van der Waals surface area contributed by atoms with E-state index in [9.17, 15) is 24.6 Å². The molecule has 1 amide bonds. The Morgan fingerprint density at radius 1 is 0.712 bits per heavy atom. The third kappa shape index (κ3) is 8.69. The van der Waals surface area contributed by atoms with Crippen molar-refractivity contribution in [3.63, 3.8) is 0 Å². The summed E-state index contributed by atoms with van der Waals surface area (Å²) in [6.45, 7) is 9.61. The van der Waals surface area contributed by atoms with Gasteiger partial charge in [-0.15, -0.1) is 22.7 Å². The standard InChI is InChI=1S/C19H19N3O4S.C19H20N2O3S/c1-10(2)8-12-14-17(27-19(22-14)11-6-4-3-5-7-11)16(25)15(21-12)18(26)20-9-13(23)24;1-4-24-19(23)15-16(22)17-14(13(20-15)10-11(2)3)21-18(25-17)12-8-6-5-7-9-12/h3-7,10,25H,8-9H2,1-2H3,(H,20,26)(H,23,24);5-9,11,22H,4,10H2,1-3H3. The lowest BCUT2D eigenvalue weighted by Gasteiger charge is -2.10. The van der Waals surface area contributed by atoms with Gasteiger partial charge in [-0.25, -0.2) is 24.7 Å². The number of carbonyl (C=O) groups is 3. The van der Waals surface area contributed by atoms with Crippen LogP contribution in [0.4, 0.5) is 0 Å². The average Bonchev–Trinajstić information content (AvgIpc) is 3.78. The van der Waals surface area contributed by atoms with Crippen LogP contribution >= 0.6 is 22.7 Å². The number of aromatic nitrogens is 4. The summed E-state index contributed by atoms with van der Waals surface area (Å²) in [5.41, 5.74) is 4.21. The number of nitrogens with zero attached hydrogens (tertiary/aromatic N) is 4. The summed E-state index contributed by atoms with van der Waals surface area (Å²) < 4.78 is 6.08. The number of carboxylic acids is 1. The number of hydrogen-bond donors (Lipinski definition) is 4. The maximum atomic E-state index is 12.3. The third-order valence-electron chi connectivity index (χ3n) is 7.50. The van der Waals surface area contributed by atoms with Crippen LogP contribution in [-0.2, 0) is 22.4 Å². The van der Waals surface area contributed by atoms with Gasteiger partial charge in [0.15, 0.2) is 22.9 Å². The molecule has 4 heterocycles. The van der Waals surface area contributed by atoms with Crippen molar-refractivity contribution in [1.29, 1.82) is 0 Å². The molecule has 6 rings (SSSR count). The van der Waals surface area contributed by atoms with Crippen LogP contribution in [-0.4, -0.2) is 66.3 Å². The van der Waals surface area contributed by atoms with E-state index in [1.54, 1.807) is 6.92 Å². The van der Waals surface area contributed by atoms with E-state index >= 15 is 0 Å². The Bertz CT molecular complexity index is 2220. The lowest BCUT2D eigenvalue weighted by atomic mass is 10.1. The van der Waals surface area contributed by atoms with Gasteiger partial charge in [-0.2, -0.15) is 0 Å². The molecule has 14 heteroatoms. The highest BCUT2D eigenvalue weighted by atomic mass is 32.1. The molecular weight excluding hydrogens is 703 g/mol. The highest BCUT2D eigenvalue weighted by Crippen LogP contribution is 2.40. The molecular formula is C38H39N5O7S2. The van der Waals surface area contributed by atoms with Crippen molar-refractivity contribution < 1.29 is 34.4 Å². The summed E-state index contributed by atoms with van der Waals surface area (Å²) in [6, 6.07) is 19.3. The minimum absolute atomic E-state index is 0.0340. The van der Waals surface area contributed by atoms with E-state index in [-0.39, 0.29) is 35.4 Å². The lowest BCUT2D eigenvalue weighted by molar-refractivity contribution is -0.135. The number of fused-ring (bicyclic) bond motifs is 2. The normalized spacial score (nSPS) is 11.1. The Morgan fingerprint density at radius 2 is 1.15 bits per heavy atom. The van der Waals surface area contributed by atoms with Crippen LogP contribution in [0.25, 0.3) is 41.6 Å². The lowest BCUT2D eigenvalue weighted by Crippen LogP contribution is -2.30. The molecule has 0 atom stereocenters. The van der Waals surface area contributed by atoms with E-state index in [2.05, 4.69) is 39.1 Å². The molecule has 270 valence electrons. The molecule has 0 aliphatic rings. The summed E-state index contributed by atoms with van der Waals surface area (Å²) >= 11 is 2.64. The number of rotatable bonds is 11. The largest absolute Gasteiger partial charge is 0.504 e. The molecule has 0 aliphatic heterocycles. The van der Waals surface area contributed by atoms with Crippen molar-refractivity contribution in [2.75, 3.05) is 13.2 Å². The number of nitrogens with one attached hydrogen (secondary N) is 1. The van der Waals surface area contributed by atoms with E-state index in [1.807, 2.05) is 74.5 Å². The van der Waals surface area contributed by atoms with Crippen LogP contribution in [0.3, 0.4) is 0 Å². The zero-order valence-electron chi connectivity index (χ0n) is 29.3. The first-order valence-electron chi connectivity index (χ1n) is 16.7. The van der Waals surface area contributed by atoms with Gasteiger partial charge in [0.25, 0.3) is 5.91 Å². The van der Waals surface area contributed by atoms with Gasteiger partial charge in [-0.05, 0) is 31.6 Å². The number of benzene rings is 2. The van der Waals surface area contributed by atoms with Gasteiger partial charge in [0, 0.05) is 11.1 Å². The van der Waals surface area contributed by atoms with Crippen molar-refractivity contribution in [1.82, 2.24) is 25.3 Å². The Kier molecular flexibility index (Phi) is 12.1. The van der Waals surface area contributed by atoms with E-state index in [4.69, 9.17) is 9.84 Å². The predicted octanol–water partition coefficient (Wildman–Crippen LogP) is 7.52. The Labute approximate surface area is 308 Å². The molecule has 0 saturated carbocycles. The number of carbonyl (C=O) groups excluding carboxylic acids is 2. The van der Waals surface area contributed by atoms with Crippen LogP contribution in [0, 0.1) is 11.8 Å². The van der Waals surface area contributed by atoms with Gasteiger partial charge in [0.05, 0.1) is 18.0 Å². The Hall–Kier alpha value is -5.47. The first kappa shape index (κ1) is 37.8. The average molecular weight is 742 g/mol. The van der Waals surface area contributed by atoms with Crippen LogP contribution in [0.2, 0.25) is 0 Å². The van der Waals surface area contributed by atoms with Crippen LogP contribution in [0.1, 0.15) is 67.0 Å². The minimum atomic E-state index is -1.17. The fraction of sp³-hybridized carbons (Fsp3) is 0.289. The maximum Gasteiger partial charge on any atom is 0.360 e. The van der Waals surface area contributed by atoms with Crippen molar-refractivity contribution in [3.05, 3.63) is 83.4 Å². The number of hydrogen-bond acceptors (Lipinski definition) is 12. The van der Waals surface area contributed by atoms with E-state index < -0.39 is 24.4 Å². The van der Waals surface area contributed by atoms with Gasteiger partial charge in [0.1, 0.15) is 37.0 Å². The maximum absolute atomic E-state index is 12.3. The second-order valence-corrected chi connectivity index (χ2v) is 14.6. The van der Waals surface area contributed by atoms with Crippen molar-refractivity contribution in [2.24, 2.45) is 11.8 Å². The summed E-state index contributed by atoms with van der Waals surface area (Å²) in [7, 11) is 0. The molecule has 4 N–H and O–H groups in total. The highest BCUT2D eigenvalue weighted by Gasteiger charge is 2.25. The SMILES string of the molecule is CC(C)Cc1nc(C(=O)NCC(=O)O)c(O)c2sc(-c3ccccc3)nc12.CCOC(=O)c1nc(CC(C)C)c2nc(-c3ccccc3)sc2c1O. The van der Waals surface area contributed by atoms with Gasteiger partial charge < -0.3 is 25.4 Å². The monoisotopic (exact) mass is 741 g/mol. The van der Waals surface area contributed by atoms with Gasteiger partial charge in [-0.1, -0.05) is 88.4 Å². The molecule has 0 radical (unpaired) electrons. The zero-order chi connectivity index (χ0) is 37.5. The molecule has 0 unspecified atom stereocenters. The second kappa shape index (κ2) is 16.7. The number of thiazole rings is 2. The number of ether oxygens (including phenoxy) is 1. The third-order valence-corrected chi connectivity index (χ3v) is 9.72. The molecule has 0 fully saturated rings. The molecule has 12 nitrogen and oxygen atoms in total. The van der Waals surface area contributed by atoms with Gasteiger partial charge in [-0.3, -0.25) is 9.59 Å². The van der Waals surface area contributed by atoms with Crippen molar-refractivity contribution >= 4 is 61.0 Å². The molecule has 0 saturated heterocycles. The van der Waals surface area contributed by atoms with Gasteiger partial charge in [0.2, 0.25) is 0 Å². The molecule has 52 heavy (non-hydrogen) atoms. The second-order valence-electron chi connectivity index (χ2n) is 12.6. The van der Waals surface area contributed by atoms with Crippen LogP contribution in [0.5, 0.6) is 11.5 Å². The summed E-state index contributed by atoms with van der Waals surface area (Å²) in [5, 5.41) is 33.7. The fourth-order valence-electron chi connectivity index (χ4n) is 5.26. The summed E-state index contributed by atoms with van der Waals surface area (Å²) in [6.07, 6.45) is 1.25. The first-order valence-corrected chi connectivity index (χ1v) is 18.3. The summed E-state index contributed by atoms with van der Waals surface area (Å²) in [4.78, 5) is 53.2. The molecule has 0 aliphatic carbocycles. The molecule has 2 aromatic carbocycles. The molecule has 6 aromatic rings. The number of carboxylic acid groups (broad SMARTS) is 1. The van der Waals surface area contributed by atoms with E-state index in [0.717, 1.165) is 21.1 Å². The van der Waals surface area contributed by atoms with Gasteiger partial charge >= 0.3 is 11.9 Å². The first-order chi connectivity index (χ1) is 24.9. The molecule has 0 spiro atoms. The Morgan fingerprint density at radius 3 is 1.58 bits per heavy atom. The fourth-order valence-corrected chi connectivity index (χ4v) is 7.33. The van der Waals surface area contributed by atoms with Crippen LogP contribution in [0.15, 0.2) is 60.7 Å². The predicted molar refractivity (Wildman–Crippen MR) is 202 cm³/mol. The number of pyridine rings is 2. The van der Waals surface area contributed by atoms with Crippen molar-refractivity contribution in [2.45, 2.75) is 47.5 Å². The molecule has 0 bridgehead atoms. The molecule has 4 aromatic heterocycles. The zero-order valence-corrected chi connectivity index (χ0v) is 31.0. The Balaban J connectivity index is 0.000000202. The quantitative estimate of drug-likeness (QED) is 0.0963.